The largest absolute Gasteiger partial charge is 0.507 e. The summed E-state index contributed by atoms with van der Waals surface area (Å²) in [7, 11) is 0. The Labute approximate surface area is 119 Å². The number of hydrogen-bond donors (Lipinski definition) is 3. The molecule has 1 aromatic heterocycles. The molecule has 8 nitrogen and oxygen atoms in total. The molecule has 2 atom stereocenters. The summed E-state index contributed by atoms with van der Waals surface area (Å²) in [6.45, 7) is 0.0851. The van der Waals surface area contributed by atoms with Crippen molar-refractivity contribution in [1.29, 1.82) is 0 Å². The second-order valence-corrected chi connectivity index (χ2v) is 4.41. The van der Waals surface area contributed by atoms with E-state index in [2.05, 4.69) is 15.2 Å². The van der Waals surface area contributed by atoms with Gasteiger partial charge < -0.3 is 19.8 Å². The maximum atomic E-state index is 10.1. The highest BCUT2D eigenvalue weighted by Crippen LogP contribution is 2.32. The zero-order valence-corrected chi connectivity index (χ0v) is 11.0. The van der Waals surface area contributed by atoms with E-state index < -0.39 is 12.2 Å². The third-order valence-electron chi connectivity index (χ3n) is 3.02. The Hall–Kier alpha value is -2.54. The topological polar surface area (TPSA) is 135 Å². The van der Waals surface area contributed by atoms with Gasteiger partial charge in [-0.15, -0.1) is 0 Å². The Kier molecular flexibility index (Phi) is 4.78. The molecule has 1 heterocycles. The Bertz CT molecular complexity index is 638. The van der Waals surface area contributed by atoms with Gasteiger partial charge in [-0.2, -0.15) is 0 Å². The molecule has 0 radical (unpaired) electrons. The van der Waals surface area contributed by atoms with E-state index in [1.807, 2.05) is 0 Å². The molecule has 0 fully saturated rings. The molecule has 3 N–H and O–H groups in total. The van der Waals surface area contributed by atoms with Crippen molar-refractivity contribution in [3.8, 4) is 17.1 Å². The van der Waals surface area contributed by atoms with Crippen molar-refractivity contribution in [2.24, 2.45) is 5.11 Å². The normalized spacial score (nSPS) is 13.4. The molecular formula is C13H14N4O4. The van der Waals surface area contributed by atoms with E-state index >= 15 is 0 Å². The summed E-state index contributed by atoms with van der Waals surface area (Å²) >= 11 is 0. The molecule has 0 amide bonds. The molecule has 0 aliphatic carbocycles. The summed E-state index contributed by atoms with van der Waals surface area (Å²) in [6.07, 6.45) is -0.681. The number of hydrogen-bond acceptors (Lipinski definition) is 6. The van der Waals surface area contributed by atoms with Gasteiger partial charge in [-0.3, -0.25) is 0 Å². The van der Waals surface area contributed by atoms with Crippen molar-refractivity contribution < 1.29 is 19.8 Å². The van der Waals surface area contributed by atoms with Gasteiger partial charge >= 0.3 is 0 Å². The summed E-state index contributed by atoms with van der Waals surface area (Å²) in [4.78, 5) is 2.58. The summed E-state index contributed by atoms with van der Waals surface area (Å²) in [6, 6.07) is 5.98. The quantitative estimate of drug-likeness (QED) is 0.425. The van der Waals surface area contributed by atoms with Crippen LogP contribution in [0.5, 0.6) is 5.75 Å². The molecule has 0 aliphatic rings. The number of aromatic nitrogens is 1. The molecular weight excluding hydrogens is 276 g/mol. The van der Waals surface area contributed by atoms with Gasteiger partial charge in [0, 0.05) is 17.5 Å². The second kappa shape index (κ2) is 6.76. The smallest absolute Gasteiger partial charge is 0.170 e. The lowest BCUT2D eigenvalue weighted by atomic mass is 9.99. The molecule has 0 saturated heterocycles. The van der Waals surface area contributed by atoms with Gasteiger partial charge in [0.2, 0.25) is 0 Å². The molecule has 0 spiro atoms. The number of benzene rings is 1. The minimum Gasteiger partial charge on any atom is -0.507 e. The minimum atomic E-state index is -1.17. The molecule has 21 heavy (non-hydrogen) atoms. The fraction of sp³-hybridized carbons (Fsp3) is 0.308. The molecule has 8 heteroatoms. The van der Waals surface area contributed by atoms with Crippen LogP contribution in [-0.4, -0.2) is 33.1 Å². The molecule has 0 saturated carbocycles. The van der Waals surface area contributed by atoms with Crippen LogP contribution in [0.4, 0.5) is 0 Å². The second-order valence-electron chi connectivity index (χ2n) is 4.41. The Morgan fingerprint density at radius 1 is 1.33 bits per heavy atom. The summed E-state index contributed by atoms with van der Waals surface area (Å²) in [5.41, 5.74) is 8.95. The van der Waals surface area contributed by atoms with Crippen molar-refractivity contribution in [2.75, 3.05) is 6.54 Å². The van der Waals surface area contributed by atoms with Crippen LogP contribution in [0.25, 0.3) is 21.8 Å². The van der Waals surface area contributed by atoms with E-state index in [4.69, 9.17) is 10.1 Å². The average molecular weight is 290 g/mol. The first kappa shape index (κ1) is 14.9. The van der Waals surface area contributed by atoms with Gasteiger partial charge in [-0.05, 0) is 29.6 Å². The van der Waals surface area contributed by atoms with Gasteiger partial charge in [-0.25, -0.2) is 0 Å². The molecule has 2 unspecified atom stereocenters. The van der Waals surface area contributed by atoms with Crippen LogP contribution in [0.1, 0.15) is 18.1 Å². The van der Waals surface area contributed by atoms with E-state index in [9.17, 15) is 15.3 Å². The van der Waals surface area contributed by atoms with Gasteiger partial charge in [0.1, 0.15) is 11.9 Å². The molecule has 1 aromatic carbocycles. The van der Waals surface area contributed by atoms with Crippen LogP contribution in [0.2, 0.25) is 0 Å². The van der Waals surface area contributed by atoms with Gasteiger partial charge in [0.25, 0.3) is 0 Å². The van der Waals surface area contributed by atoms with Crippen molar-refractivity contribution in [3.63, 3.8) is 0 Å². The Balaban J connectivity index is 2.20. The van der Waals surface area contributed by atoms with Gasteiger partial charge in [0.05, 0.1) is 17.9 Å². The summed E-state index contributed by atoms with van der Waals surface area (Å²) in [5, 5.41) is 36.6. The average Bonchev–Trinajstić information content (AvgIpc) is 3.01. The first-order chi connectivity index (χ1) is 10.1. The first-order valence-corrected chi connectivity index (χ1v) is 6.24. The van der Waals surface area contributed by atoms with E-state index in [0.717, 1.165) is 0 Å². The number of aromatic hydroxyl groups is 1. The lowest BCUT2D eigenvalue weighted by molar-refractivity contribution is 0.0150. The number of rotatable bonds is 6. The third-order valence-corrected chi connectivity index (χ3v) is 3.02. The zero-order chi connectivity index (χ0) is 15.2. The standard InChI is InChI=1S/C13H14N4O4/c14-17-15-5-3-11(19)13(20)8-1-2-10(18)9(7-8)12-4-6-16-21-12/h1-2,4,6-7,11,13,18-20H,3,5H2. The fourth-order valence-electron chi connectivity index (χ4n) is 1.90. The van der Waals surface area contributed by atoms with E-state index in [-0.39, 0.29) is 18.7 Å². The van der Waals surface area contributed by atoms with Crippen molar-refractivity contribution in [2.45, 2.75) is 18.6 Å². The zero-order valence-electron chi connectivity index (χ0n) is 11.0. The Morgan fingerprint density at radius 3 is 2.81 bits per heavy atom. The number of aliphatic hydroxyl groups excluding tert-OH is 2. The van der Waals surface area contributed by atoms with Crippen LogP contribution in [0.15, 0.2) is 40.1 Å². The fourth-order valence-corrected chi connectivity index (χ4v) is 1.90. The highest BCUT2D eigenvalue weighted by molar-refractivity contribution is 5.66. The van der Waals surface area contributed by atoms with Crippen molar-refractivity contribution >= 4 is 0 Å². The van der Waals surface area contributed by atoms with E-state index in [0.29, 0.717) is 16.9 Å². The van der Waals surface area contributed by atoms with Crippen LogP contribution < -0.4 is 0 Å². The lowest BCUT2D eigenvalue weighted by Gasteiger charge is -2.18. The number of phenolic OH excluding ortho intramolecular Hbond substituents is 1. The maximum absolute atomic E-state index is 10.1. The van der Waals surface area contributed by atoms with Crippen molar-refractivity contribution in [3.05, 3.63) is 46.5 Å². The molecule has 2 rings (SSSR count). The maximum Gasteiger partial charge on any atom is 0.170 e. The number of nitrogens with zero attached hydrogens (tertiary/aromatic N) is 4. The minimum absolute atomic E-state index is 0.0220. The predicted octanol–water partition coefficient (Wildman–Crippen LogP) is 2.14. The summed E-state index contributed by atoms with van der Waals surface area (Å²) < 4.78 is 4.97. The van der Waals surface area contributed by atoms with Crippen LogP contribution in [-0.2, 0) is 0 Å². The molecule has 0 aliphatic heterocycles. The van der Waals surface area contributed by atoms with Crippen LogP contribution in [0, 0.1) is 0 Å². The Morgan fingerprint density at radius 2 is 2.14 bits per heavy atom. The highest BCUT2D eigenvalue weighted by atomic mass is 16.5. The van der Waals surface area contributed by atoms with E-state index in [1.165, 1.54) is 24.4 Å². The highest BCUT2D eigenvalue weighted by Gasteiger charge is 2.20. The molecule has 2 aromatic rings. The third kappa shape index (κ3) is 3.51. The molecule has 110 valence electrons. The SMILES string of the molecule is [N-]=[N+]=NCCC(O)C(O)c1ccc(O)c(-c2ccno2)c1. The van der Waals surface area contributed by atoms with Gasteiger partial charge in [-0.1, -0.05) is 16.3 Å². The monoisotopic (exact) mass is 290 g/mol. The van der Waals surface area contributed by atoms with Crippen molar-refractivity contribution in [1.82, 2.24) is 5.16 Å². The lowest BCUT2D eigenvalue weighted by Crippen LogP contribution is -2.19. The van der Waals surface area contributed by atoms with Gasteiger partial charge in [0.15, 0.2) is 5.76 Å². The number of aliphatic hydroxyl groups is 2. The van der Waals surface area contributed by atoms with Crippen LogP contribution in [0.3, 0.4) is 0 Å². The number of phenols is 1. The molecule has 0 bridgehead atoms. The first-order valence-electron chi connectivity index (χ1n) is 6.24. The predicted molar refractivity (Wildman–Crippen MR) is 73.2 cm³/mol. The number of azide groups is 1. The van der Waals surface area contributed by atoms with Crippen LogP contribution >= 0.6 is 0 Å². The van der Waals surface area contributed by atoms with E-state index in [1.54, 1.807) is 6.07 Å². The summed E-state index contributed by atoms with van der Waals surface area (Å²) in [5.74, 6) is 0.330.